The van der Waals surface area contributed by atoms with Crippen LogP contribution in [0.15, 0.2) is 12.7 Å². The van der Waals surface area contributed by atoms with Gasteiger partial charge in [0.05, 0.1) is 7.11 Å². The number of likely N-dealkylation sites (tertiary alicyclic amines) is 1. The van der Waals surface area contributed by atoms with Gasteiger partial charge in [0.2, 0.25) is 5.91 Å². The standard InChI is InChI=1S/C19H32N2O5/c1-9-12-10-11-21(13(12)16(23)25-8)15(22)14(18(2,3)4)20-17(24)26-19(5,6)7/h9,12-14H,1,10-11H2,2-8H3,(H,20,24)/t12-,13-,14+/m0/s1. The summed E-state index contributed by atoms with van der Waals surface area (Å²) in [5.74, 6) is -0.984. The van der Waals surface area contributed by atoms with Gasteiger partial charge in [-0.05, 0) is 32.6 Å². The van der Waals surface area contributed by atoms with Crippen LogP contribution in [0.2, 0.25) is 0 Å². The third-order valence-corrected chi connectivity index (χ3v) is 4.25. The molecule has 26 heavy (non-hydrogen) atoms. The minimum atomic E-state index is -0.840. The zero-order valence-electron chi connectivity index (χ0n) is 16.9. The highest BCUT2D eigenvalue weighted by Gasteiger charge is 2.46. The minimum absolute atomic E-state index is 0.173. The molecule has 0 aromatic rings. The smallest absolute Gasteiger partial charge is 0.408 e. The quantitative estimate of drug-likeness (QED) is 0.609. The Hall–Kier alpha value is -2.05. The van der Waals surface area contributed by atoms with Crippen molar-refractivity contribution in [1.29, 1.82) is 0 Å². The van der Waals surface area contributed by atoms with E-state index in [0.717, 1.165) is 0 Å². The molecule has 3 atom stereocenters. The number of rotatable bonds is 4. The van der Waals surface area contributed by atoms with Crippen LogP contribution in [-0.4, -0.2) is 54.2 Å². The fraction of sp³-hybridized carbons (Fsp3) is 0.737. The molecule has 2 amide bonds. The highest BCUT2D eigenvalue weighted by molar-refractivity contribution is 5.91. The number of nitrogens with one attached hydrogen (secondary N) is 1. The number of nitrogens with zero attached hydrogens (tertiary/aromatic N) is 1. The third-order valence-electron chi connectivity index (χ3n) is 4.25. The molecule has 0 unspecified atom stereocenters. The summed E-state index contributed by atoms with van der Waals surface area (Å²) in [6.45, 7) is 15.0. The molecule has 1 aliphatic rings. The molecule has 0 spiro atoms. The van der Waals surface area contributed by atoms with Gasteiger partial charge in [0.1, 0.15) is 17.7 Å². The Kier molecular flexibility index (Phi) is 6.85. The number of alkyl carbamates (subject to hydrolysis) is 1. The van der Waals surface area contributed by atoms with E-state index in [1.165, 1.54) is 12.0 Å². The number of carbonyl (C=O) groups excluding carboxylic acids is 3. The maximum atomic E-state index is 13.2. The van der Waals surface area contributed by atoms with Gasteiger partial charge in [0.15, 0.2) is 0 Å². The lowest BCUT2D eigenvalue weighted by atomic mass is 9.85. The second-order valence-corrected chi connectivity index (χ2v) is 8.63. The number of hydrogen-bond acceptors (Lipinski definition) is 5. The molecule has 1 fully saturated rings. The fourth-order valence-electron chi connectivity index (χ4n) is 2.97. The van der Waals surface area contributed by atoms with Crippen LogP contribution in [-0.2, 0) is 19.1 Å². The summed E-state index contributed by atoms with van der Waals surface area (Å²) >= 11 is 0. The summed E-state index contributed by atoms with van der Waals surface area (Å²) in [5.41, 5.74) is -1.24. The van der Waals surface area contributed by atoms with E-state index in [2.05, 4.69) is 11.9 Å². The Bertz CT molecular complexity index is 559. The molecular weight excluding hydrogens is 336 g/mol. The van der Waals surface area contributed by atoms with Crippen LogP contribution in [0.25, 0.3) is 0 Å². The van der Waals surface area contributed by atoms with E-state index >= 15 is 0 Å². The van der Waals surface area contributed by atoms with Crippen molar-refractivity contribution in [1.82, 2.24) is 10.2 Å². The Balaban J connectivity index is 3.07. The first-order valence-corrected chi connectivity index (χ1v) is 8.82. The van der Waals surface area contributed by atoms with Crippen molar-refractivity contribution in [2.75, 3.05) is 13.7 Å². The largest absolute Gasteiger partial charge is 0.467 e. The molecule has 0 bridgehead atoms. The number of amides is 2. The summed E-state index contributed by atoms with van der Waals surface area (Å²) in [7, 11) is 1.30. The van der Waals surface area contributed by atoms with Crippen molar-refractivity contribution in [3.05, 3.63) is 12.7 Å². The van der Waals surface area contributed by atoms with Gasteiger partial charge in [-0.25, -0.2) is 9.59 Å². The van der Waals surface area contributed by atoms with Crippen LogP contribution in [0.4, 0.5) is 4.79 Å². The van der Waals surface area contributed by atoms with E-state index in [0.29, 0.717) is 13.0 Å². The van der Waals surface area contributed by atoms with E-state index in [4.69, 9.17) is 9.47 Å². The molecule has 1 heterocycles. The molecule has 1 saturated heterocycles. The molecule has 1 N–H and O–H groups in total. The molecule has 0 saturated carbocycles. The lowest BCUT2D eigenvalue weighted by Gasteiger charge is -2.35. The van der Waals surface area contributed by atoms with Crippen LogP contribution in [0.5, 0.6) is 0 Å². The second kappa shape index (κ2) is 8.10. The summed E-state index contributed by atoms with van der Waals surface area (Å²) < 4.78 is 10.2. The van der Waals surface area contributed by atoms with E-state index < -0.39 is 35.2 Å². The van der Waals surface area contributed by atoms with Crippen LogP contribution < -0.4 is 5.32 Å². The fourth-order valence-corrected chi connectivity index (χ4v) is 2.97. The van der Waals surface area contributed by atoms with Gasteiger partial charge >= 0.3 is 12.1 Å². The number of hydrogen-bond donors (Lipinski definition) is 1. The summed E-state index contributed by atoms with van der Waals surface area (Å²) in [4.78, 5) is 39.1. The predicted molar refractivity (Wildman–Crippen MR) is 98.4 cm³/mol. The van der Waals surface area contributed by atoms with E-state index in [1.807, 2.05) is 20.8 Å². The lowest BCUT2D eigenvalue weighted by molar-refractivity contribution is -0.153. The lowest BCUT2D eigenvalue weighted by Crippen LogP contribution is -2.57. The van der Waals surface area contributed by atoms with Crippen LogP contribution in [0, 0.1) is 11.3 Å². The molecule has 7 nitrogen and oxygen atoms in total. The Morgan fingerprint density at radius 1 is 1.19 bits per heavy atom. The van der Waals surface area contributed by atoms with Gasteiger partial charge in [-0.2, -0.15) is 0 Å². The third kappa shape index (κ3) is 5.47. The Labute approximate surface area is 156 Å². The monoisotopic (exact) mass is 368 g/mol. The first kappa shape index (κ1) is 22.0. The average Bonchev–Trinajstić information content (AvgIpc) is 2.92. The number of carbonyl (C=O) groups is 3. The topological polar surface area (TPSA) is 84.9 Å². The number of methoxy groups -OCH3 is 1. The van der Waals surface area contributed by atoms with E-state index in [-0.39, 0.29) is 11.8 Å². The van der Waals surface area contributed by atoms with Gasteiger partial charge in [-0.15, -0.1) is 6.58 Å². The highest BCUT2D eigenvalue weighted by Crippen LogP contribution is 2.30. The van der Waals surface area contributed by atoms with E-state index in [9.17, 15) is 14.4 Å². The van der Waals surface area contributed by atoms with Crippen molar-refractivity contribution in [2.24, 2.45) is 11.3 Å². The van der Waals surface area contributed by atoms with Crippen molar-refractivity contribution in [3.8, 4) is 0 Å². The Morgan fingerprint density at radius 3 is 2.19 bits per heavy atom. The first-order chi connectivity index (χ1) is 11.8. The maximum Gasteiger partial charge on any atom is 0.408 e. The van der Waals surface area contributed by atoms with Gasteiger partial charge in [0, 0.05) is 12.5 Å². The predicted octanol–water partition coefficient (Wildman–Crippen LogP) is 2.50. The molecule has 0 aromatic heterocycles. The molecule has 148 valence electrons. The summed E-state index contributed by atoms with van der Waals surface area (Å²) in [6, 6.07) is -1.57. The van der Waals surface area contributed by atoms with Crippen molar-refractivity contribution in [3.63, 3.8) is 0 Å². The molecule has 1 rings (SSSR count). The summed E-state index contributed by atoms with van der Waals surface area (Å²) in [5, 5.41) is 2.67. The molecule has 1 aliphatic heterocycles. The molecule has 0 aromatic carbocycles. The van der Waals surface area contributed by atoms with E-state index in [1.54, 1.807) is 26.8 Å². The van der Waals surface area contributed by atoms with Gasteiger partial charge in [-0.3, -0.25) is 4.79 Å². The van der Waals surface area contributed by atoms with Gasteiger partial charge in [-0.1, -0.05) is 26.8 Å². The van der Waals surface area contributed by atoms with Gasteiger partial charge in [0.25, 0.3) is 0 Å². The Morgan fingerprint density at radius 2 is 1.77 bits per heavy atom. The first-order valence-electron chi connectivity index (χ1n) is 8.82. The zero-order valence-corrected chi connectivity index (χ0v) is 16.9. The maximum absolute atomic E-state index is 13.2. The molecule has 0 radical (unpaired) electrons. The van der Waals surface area contributed by atoms with Crippen molar-refractivity contribution < 1.29 is 23.9 Å². The van der Waals surface area contributed by atoms with Crippen molar-refractivity contribution >= 4 is 18.0 Å². The van der Waals surface area contributed by atoms with Crippen LogP contribution in [0.1, 0.15) is 48.0 Å². The second-order valence-electron chi connectivity index (χ2n) is 8.63. The van der Waals surface area contributed by atoms with Crippen molar-refractivity contribution in [2.45, 2.75) is 65.6 Å². The van der Waals surface area contributed by atoms with Crippen LogP contribution >= 0.6 is 0 Å². The van der Waals surface area contributed by atoms with Crippen LogP contribution in [0.3, 0.4) is 0 Å². The SMILES string of the molecule is C=C[C@H]1CCN(C(=O)[C@@H](NC(=O)OC(C)(C)C)C(C)(C)C)[C@@H]1C(=O)OC. The average molecular weight is 368 g/mol. The number of ether oxygens (including phenoxy) is 2. The minimum Gasteiger partial charge on any atom is -0.467 e. The highest BCUT2D eigenvalue weighted by atomic mass is 16.6. The normalized spacial score (nSPS) is 21.7. The summed E-state index contributed by atoms with van der Waals surface area (Å²) in [6.07, 6.45) is 1.63. The molecule has 7 heteroatoms. The molecular formula is C19H32N2O5. The van der Waals surface area contributed by atoms with Gasteiger partial charge < -0.3 is 19.7 Å². The zero-order chi connectivity index (χ0) is 20.3. The number of esters is 1. The molecule has 0 aliphatic carbocycles.